The fourth-order valence-corrected chi connectivity index (χ4v) is 4.29. The molecule has 0 saturated heterocycles. The van der Waals surface area contributed by atoms with Crippen LogP contribution in [0, 0.1) is 0 Å². The SMILES string of the molecule is CS(=O)(=O)N1CCc2cc(C(=O)Nc3cccc(NC(=O)c4ccco4)c3)ccc21. The number of benzene rings is 2. The van der Waals surface area contributed by atoms with E-state index in [0.717, 1.165) is 5.56 Å². The first-order valence-corrected chi connectivity index (χ1v) is 11.0. The second kappa shape index (κ2) is 7.68. The van der Waals surface area contributed by atoms with Crippen molar-refractivity contribution >= 4 is 38.9 Å². The molecule has 0 atom stereocenters. The van der Waals surface area contributed by atoms with Crippen LogP contribution in [0.1, 0.15) is 26.5 Å². The highest BCUT2D eigenvalue weighted by molar-refractivity contribution is 7.92. The normalized spacial score (nSPS) is 13.0. The van der Waals surface area contributed by atoms with E-state index < -0.39 is 15.9 Å². The summed E-state index contributed by atoms with van der Waals surface area (Å²) in [4.78, 5) is 24.8. The third-order valence-corrected chi connectivity index (χ3v) is 5.90. The van der Waals surface area contributed by atoms with Crippen LogP contribution in [0.2, 0.25) is 0 Å². The lowest BCUT2D eigenvalue weighted by molar-refractivity contribution is 0.0995. The molecular weight excluding hydrogens is 406 g/mol. The molecule has 0 bridgehead atoms. The Morgan fingerprint density at radius 1 is 0.967 bits per heavy atom. The molecule has 9 heteroatoms. The molecule has 1 aromatic heterocycles. The fraction of sp³-hybridized carbons (Fsp3) is 0.143. The molecule has 154 valence electrons. The van der Waals surface area contributed by atoms with Crippen molar-refractivity contribution in [3.05, 3.63) is 77.7 Å². The number of hydrogen-bond acceptors (Lipinski definition) is 5. The van der Waals surface area contributed by atoms with Gasteiger partial charge in [0.05, 0.1) is 18.2 Å². The van der Waals surface area contributed by atoms with Gasteiger partial charge < -0.3 is 15.1 Å². The highest BCUT2D eigenvalue weighted by Crippen LogP contribution is 2.31. The standard InChI is InChI=1S/C21H19N3O5S/c1-30(27,28)24-10-9-14-12-15(7-8-18(14)24)20(25)22-16-4-2-5-17(13-16)23-21(26)19-6-3-11-29-19/h2-8,11-13H,9-10H2,1H3,(H,22,25)(H,23,26). The lowest BCUT2D eigenvalue weighted by atomic mass is 10.1. The number of fused-ring (bicyclic) bond motifs is 1. The van der Waals surface area contributed by atoms with E-state index in [2.05, 4.69) is 10.6 Å². The number of anilines is 3. The fourth-order valence-electron chi connectivity index (χ4n) is 3.34. The minimum absolute atomic E-state index is 0.186. The Bertz CT molecular complexity index is 1220. The quantitative estimate of drug-likeness (QED) is 0.653. The molecule has 8 nitrogen and oxygen atoms in total. The molecule has 30 heavy (non-hydrogen) atoms. The number of amides is 2. The average Bonchev–Trinajstić information content (AvgIpc) is 3.37. The molecule has 0 fully saturated rings. The lowest BCUT2D eigenvalue weighted by Gasteiger charge is -2.16. The smallest absolute Gasteiger partial charge is 0.291 e. The van der Waals surface area contributed by atoms with Gasteiger partial charge in [-0.3, -0.25) is 13.9 Å². The van der Waals surface area contributed by atoms with Gasteiger partial charge >= 0.3 is 0 Å². The Balaban J connectivity index is 1.48. The molecule has 3 aromatic rings. The van der Waals surface area contributed by atoms with Crippen LogP contribution >= 0.6 is 0 Å². The molecule has 2 heterocycles. The average molecular weight is 425 g/mol. The van der Waals surface area contributed by atoms with Crippen LogP contribution in [0.4, 0.5) is 17.1 Å². The van der Waals surface area contributed by atoms with Crippen molar-refractivity contribution < 1.29 is 22.4 Å². The van der Waals surface area contributed by atoms with Gasteiger partial charge in [0.25, 0.3) is 11.8 Å². The molecule has 2 N–H and O–H groups in total. The van der Waals surface area contributed by atoms with Gasteiger partial charge in [0.1, 0.15) is 0 Å². The number of furan rings is 1. The zero-order valence-corrected chi connectivity index (χ0v) is 16.9. The van der Waals surface area contributed by atoms with Crippen LogP contribution in [0.25, 0.3) is 0 Å². The number of rotatable bonds is 5. The summed E-state index contributed by atoms with van der Waals surface area (Å²) in [6, 6.07) is 14.9. The summed E-state index contributed by atoms with van der Waals surface area (Å²) >= 11 is 0. The van der Waals surface area contributed by atoms with E-state index in [9.17, 15) is 18.0 Å². The van der Waals surface area contributed by atoms with Crippen molar-refractivity contribution in [3.63, 3.8) is 0 Å². The summed E-state index contributed by atoms with van der Waals surface area (Å²) in [6.07, 6.45) is 3.13. The van der Waals surface area contributed by atoms with Crippen molar-refractivity contribution in [1.82, 2.24) is 0 Å². The molecule has 2 aromatic carbocycles. The number of sulfonamides is 1. The summed E-state index contributed by atoms with van der Waals surface area (Å²) in [5, 5.41) is 5.50. The van der Waals surface area contributed by atoms with Gasteiger partial charge in [0, 0.05) is 23.5 Å². The Kier molecular flexibility index (Phi) is 5.04. The maximum atomic E-state index is 12.7. The van der Waals surface area contributed by atoms with Crippen LogP contribution in [0.5, 0.6) is 0 Å². The number of carbonyl (C=O) groups excluding carboxylic acids is 2. The van der Waals surface area contributed by atoms with Crippen molar-refractivity contribution in [2.75, 3.05) is 27.7 Å². The molecule has 0 radical (unpaired) electrons. The molecule has 0 aliphatic carbocycles. The van der Waals surface area contributed by atoms with E-state index >= 15 is 0 Å². The minimum Gasteiger partial charge on any atom is -0.459 e. The highest BCUT2D eigenvalue weighted by atomic mass is 32.2. The number of hydrogen-bond donors (Lipinski definition) is 2. The van der Waals surface area contributed by atoms with Gasteiger partial charge in [-0.25, -0.2) is 8.42 Å². The maximum absolute atomic E-state index is 12.7. The Labute approximate surface area is 173 Å². The van der Waals surface area contributed by atoms with Gasteiger partial charge in [0.2, 0.25) is 10.0 Å². The first-order chi connectivity index (χ1) is 14.3. The van der Waals surface area contributed by atoms with E-state index in [1.165, 1.54) is 16.8 Å². The topological polar surface area (TPSA) is 109 Å². The van der Waals surface area contributed by atoms with Crippen molar-refractivity contribution in [2.24, 2.45) is 0 Å². The van der Waals surface area contributed by atoms with Crippen molar-refractivity contribution in [2.45, 2.75) is 6.42 Å². The zero-order chi connectivity index (χ0) is 21.3. The van der Waals surface area contributed by atoms with Crippen molar-refractivity contribution in [1.29, 1.82) is 0 Å². The summed E-state index contributed by atoms with van der Waals surface area (Å²) < 4.78 is 30.1. The van der Waals surface area contributed by atoms with Crippen LogP contribution < -0.4 is 14.9 Å². The molecule has 0 unspecified atom stereocenters. The number of nitrogens with zero attached hydrogens (tertiary/aromatic N) is 1. The summed E-state index contributed by atoms with van der Waals surface area (Å²) in [6.45, 7) is 0.372. The van der Waals surface area contributed by atoms with Gasteiger partial charge in [-0.05, 0) is 60.5 Å². The Morgan fingerprint density at radius 3 is 2.37 bits per heavy atom. The van der Waals surface area contributed by atoms with E-state index in [0.29, 0.717) is 35.6 Å². The van der Waals surface area contributed by atoms with Gasteiger partial charge in [0.15, 0.2) is 5.76 Å². The monoisotopic (exact) mass is 425 g/mol. The Hall–Kier alpha value is -3.59. The first-order valence-electron chi connectivity index (χ1n) is 9.18. The van der Waals surface area contributed by atoms with E-state index in [1.807, 2.05) is 0 Å². The van der Waals surface area contributed by atoms with E-state index in [4.69, 9.17) is 4.42 Å². The molecule has 1 aliphatic rings. The molecule has 0 spiro atoms. The first kappa shape index (κ1) is 19.7. The molecular formula is C21H19N3O5S. The number of nitrogens with one attached hydrogen (secondary N) is 2. The summed E-state index contributed by atoms with van der Waals surface area (Å²) in [5.74, 6) is -0.534. The zero-order valence-electron chi connectivity index (χ0n) is 16.1. The van der Waals surface area contributed by atoms with Crippen LogP contribution in [-0.2, 0) is 16.4 Å². The third kappa shape index (κ3) is 4.06. The Morgan fingerprint density at radius 2 is 1.70 bits per heavy atom. The summed E-state index contributed by atoms with van der Waals surface area (Å²) in [5.41, 5.74) is 2.86. The van der Waals surface area contributed by atoms with Gasteiger partial charge in [-0.15, -0.1) is 0 Å². The second-order valence-electron chi connectivity index (χ2n) is 6.89. The van der Waals surface area contributed by atoms with Crippen LogP contribution in [-0.4, -0.2) is 33.0 Å². The van der Waals surface area contributed by atoms with Gasteiger partial charge in [-0.1, -0.05) is 6.07 Å². The van der Waals surface area contributed by atoms with Gasteiger partial charge in [-0.2, -0.15) is 0 Å². The van der Waals surface area contributed by atoms with E-state index in [1.54, 1.807) is 54.6 Å². The lowest BCUT2D eigenvalue weighted by Crippen LogP contribution is -2.27. The minimum atomic E-state index is -3.34. The molecule has 4 rings (SSSR count). The molecule has 0 saturated carbocycles. The largest absolute Gasteiger partial charge is 0.459 e. The maximum Gasteiger partial charge on any atom is 0.291 e. The predicted molar refractivity (Wildman–Crippen MR) is 113 cm³/mol. The highest BCUT2D eigenvalue weighted by Gasteiger charge is 2.26. The molecule has 2 amide bonds. The summed E-state index contributed by atoms with van der Waals surface area (Å²) in [7, 11) is -3.34. The number of carbonyl (C=O) groups is 2. The predicted octanol–water partition coefficient (Wildman–Crippen LogP) is 3.11. The molecule has 1 aliphatic heterocycles. The van der Waals surface area contributed by atoms with Crippen LogP contribution in [0.3, 0.4) is 0 Å². The van der Waals surface area contributed by atoms with Crippen LogP contribution in [0.15, 0.2) is 65.3 Å². The second-order valence-corrected chi connectivity index (χ2v) is 8.80. The van der Waals surface area contributed by atoms with Crippen molar-refractivity contribution in [3.8, 4) is 0 Å². The third-order valence-electron chi connectivity index (χ3n) is 4.72. The van der Waals surface area contributed by atoms with E-state index in [-0.39, 0.29) is 11.7 Å².